The predicted octanol–water partition coefficient (Wildman–Crippen LogP) is 4.61. The van der Waals surface area contributed by atoms with Crippen molar-refractivity contribution in [2.24, 2.45) is 5.73 Å². The largest absolute Gasteiger partial charge is 0.370 e. The molecule has 0 aliphatic carbocycles. The van der Waals surface area contributed by atoms with Crippen LogP contribution in [0.4, 0.5) is 10.1 Å². The summed E-state index contributed by atoms with van der Waals surface area (Å²) in [6.45, 7) is 4.42. The topological polar surface area (TPSA) is 29.3 Å². The fraction of sp³-hybridized carbons (Fsp3) is 0.333. The maximum absolute atomic E-state index is 13.7. The third-order valence-electron chi connectivity index (χ3n) is 3.25. The van der Waals surface area contributed by atoms with Gasteiger partial charge in [0.1, 0.15) is 5.82 Å². The van der Waals surface area contributed by atoms with E-state index in [4.69, 9.17) is 5.73 Å². The van der Waals surface area contributed by atoms with Crippen LogP contribution >= 0.6 is 27.3 Å². The molecular formula is C15H18BrFN2S. The minimum absolute atomic E-state index is 0.197. The van der Waals surface area contributed by atoms with Gasteiger partial charge < -0.3 is 10.6 Å². The van der Waals surface area contributed by atoms with Crippen LogP contribution < -0.4 is 10.6 Å². The molecule has 1 atom stereocenters. The summed E-state index contributed by atoms with van der Waals surface area (Å²) >= 11 is 5.13. The molecule has 0 radical (unpaired) electrons. The van der Waals surface area contributed by atoms with Gasteiger partial charge in [0.2, 0.25) is 0 Å². The van der Waals surface area contributed by atoms with Gasteiger partial charge in [-0.25, -0.2) is 4.39 Å². The zero-order chi connectivity index (χ0) is 14.9. The number of nitrogens with two attached hydrogens (primary N) is 1. The molecule has 0 saturated heterocycles. The van der Waals surface area contributed by atoms with E-state index in [2.05, 4.69) is 32.3 Å². The van der Waals surface area contributed by atoms with E-state index >= 15 is 0 Å². The smallest absolute Gasteiger partial charge is 0.126 e. The summed E-state index contributed by atoms with van der Waals surface area (Å²) in [7, 11) is 2.00. The van der Waals surface area contributed by atoms with Crippen molar-refractivity contribution in [3.05, 3.63) is 49.9 Å². The molecular weight excluding hydrogens is 339 g/mol. The molecule has 2 nitrogen and oxygen atoms in total. The van der Waals surface area contributed by atoms with E-state index in [-0.39, 0.29) is 11.9 Å². The molecule has 108 valence electrons. The number of halogens is 2. The number of anilines is 1. The molecule has 0 amide bonds. The van der Waals surface area contributed by atoms with Crippen molar-refractivity contribution in [3.63, 3.8) is 0 Å². The van der Waals surface area contributed by atoms with E-state index in [9.17, 15) is 4.39 Å². The van der Waals surface area contributed by atoms with Crippen LogP contribution in [0.1, 0.15) is 29.7 Å². The van der Waals surface area contributed by atoms with Gasteiger partial charge in [-0.15, -0.1) is 11.3 Å². The third-order valence-corrected chi connectivity index (χ3v) is 4.80. The first kappa shape index (κ1) is 15.5. The highest BCUT2D eigenvalue weighted by Gasteiger charge is 2.14. The normalized spacial score (nSPS) is 12.5. The third kappa shape index (κ3) is 3.40. The highest BCUT2D eigenvalue weighted by Crippen LogP contribution is 2.30. The lowest BCUT2D eigenvalue weighted by molar-refractivity contribution is 0.612. The Labute approximate surface area is 131 Å². The Morgan fingerprint density at radius 3 is 2.65 bits per heavy atom. The van der Waals surface area contributed by atoms with Crippen LogP contribution in [0.15, 0.2) is 27.4 Å². The second kappa shape index (κ2) is 6.24. The molecule has 1 unspecified atom stereocenters. The molecule has 0 saturated carbocycles. The number of thiophene rings is 1. The van der Waals surface area contributed by atoms with E-state index in [0.29, 0.717) is 5.56 Å². The summed E-state index contributed by atoms with van der Waals surface area (Å²) in [5, 5.41) is 2.11. The lowest BCUT2D eigenvalue weighted by atomic mass is 10.0. The Kier molecular flexibility index (Phi) is 4.83. The first-order chi connectivity index (χ1) is 9.38. The molecule has 1 aromatic heterocycles. The Bertz CT molecular complexity index is 610. The van der Waals surface area contributed by atoms with E-state index < -0.39 is 0 Å². The van der Waals surface area contributed by atoms with E-state index in [0.717, 1.165) is 21.6 Å². The monoisotopic (exact) mass is 356 g/mol. The van der Waals surface area contributed by atoms with Crippen molar-refractivity contribution >= 4 is 33.0 Å². The lowest BCUT2D eigenvalue weighted by Gasteiger charge is -2.24. The summed E-state index contributed by atoms with van der Waals surface area (Å²) in [6, 6.07) is 5.32. The first-order valence-electron chi connectivity index (χ1n) is 6.38. The molecule has 0 aliphatic rings. The van der Waals surface area contributed by atoms with Crippen molar-refractivity contribution in [2.45, 2.75) is 26.4 Å². The molecule has 0 bridgehead atoms. The minimum atomic E-state index is -0.201. The van der Waals surface area contributed by atoms with Crippen LogP contribution in [0.3, 0.4) is 0 Å². The average molecular weight is 357 g/mol. The standard InChI is InChI=1S/C15H18BrFN2S/c1-9-4-14(12(10(2)18)6-13(9)17)19(3)7-11-5-15(16)20-8-11/h4-6,8,10H,7,18H2,1-3H3. The lowest BCUT2D eigenvalue weighted by Crippen LogP contribution is -2.20. The van der Waals surface area contributed by atoms with Crippen LogP contribution in [0.5, 0.6) is 0 Å². The molecule has 20 heavy (non-hydrogen) atoms. The van der Waals surface area contributed by atoms with Crippen LogP contribution in [-0.2, 0) is 6.54 Å². The average Bonchev–Trinajstić information content (AvgIpc) is 2.77. The van der Waals surface area contributed by atoms with E-state index in [1.807, 2.05) is 20.0 Å². The van der Waals surface area contributed by atoms with Crippen molar-refractivity contribution in [2.75, 3.05) is 11.9 Å². The zero-order valence-electron chi connectivity index (χ0n) is 11.8. The van der Waals surface area contributed by atoms with Crippen LogP contribution in [0.25, 0.3) is 0 Å². The summed E-state index contributed by atoms with van der Waals surface area (Å²) in [6.07, 6.45) is 0. The van der Waals surface area contributed by atoms with Gasteiger partial charge in [-0.3, -0.25) is 0 Å². The fourth-order valence-corrected chi connectivity index (χ4v) is 3.37. The van der Waals surface area contributed by atoms with E-state index in [1.54, 1.807) is 24.3 Å². The van der Waals surface area contributed by atoms with Gasteiger partial charge in [-0.2, -0.15) is 0 Å². The SMILES string of the molecule is Cc1cc(N(C)Cc2csc(Br)c2)c(C(C)N)cc1F. The van der Waals surface area contributed by atoms with Crippen LogP contribution in [0.2, 0.25) is 0 Å². The molecule has 0 fully saturated rings. The van der Waals surface area contributed by atoms with Gasteiger partial charge in [0.25, 0.3) is 0 Å². The molecule has 0 spiro atoms. The number of nitrogens with zero attached hydrogens (tertiary/aromatic N) is 1. The highest BCUT2D eigenvalue weighted by molar-refractivity contribution is 9.11. The summed E-state index contributed by atoms with van der Waals surface area (Å²) in [5.74, 6) is -0.201. The molecule has 2 N–H and O–H groups in total. The molecule has 1 heterocycles. The number of aryl methyl sites for hydroxylation is 1. The van der Waals surface area contributed by atoms with Crippen LogP contribution in [-0.4, -0.2) is 7.05 Å². The fourth-order valence-electron chi connectivity index (χ4n) is 2.16. The van der Waals surface area contributed by atoms with Gasteiger partial charge in [0.15, 0.2) is 0 Å². The zero-order valence-corrected chi connectivity index (χ0v) is 14.2. The maximum atomic E-state index is 13.7. The quantitative estimate of drug-likeness (QED) is 0.866. The molecule has 1 aromatic carbocycles. The molecule has 2 rings (SSSR count). The number of rotatable bonds is 4. The van der Waals surface area contributed by atoms with Crippen molar-refractivity contribution < 1.29 is 4.39 Å². The van der Waals surface area contributed by atoms with Gasteiger partial charge in [0.05, 0.1) is 3.79 Å². The first-order valence-corrected chi connectivity index (χ1v) is 8.05. The van der Waals surface area contributed by atoms with E-state index in [1.165, 1.54) is 5.56 Å². The number of benzene rings is 1. The van der Waals surface area contributed by atoms with Gasteiger partial charge >= 0.3 is 0 Å². The van der Waals surface area contributed by atoms with Crippen LogP contribution in [0, 0.1) is 12.7 Å². The minimum Gasteiger partial charge on any atom is -0.370 e. The van der Waals surface area contributed by atoms with Gasteiger partial charge in [0, 0.05) is 25.3 Å². The number of hydrogen-bond acceptors (Lipinski definition) is 3. The molecule has 5 heteroatoms. The molecule has 0 aliphatic heterocycles. The summed E-state index contributed by atoms with van der Waals surface area (Å²) in [5.41, 5.74) is 9.66. The predicted molar refractivity (Wildman–Crippen MR) is 87.9 cm³/mol. The Balaban J connectivity index is 2.33. The van der Waals surface area contributed by atoms with Crippen molar-refractivity contribution in [3.8, 4) is 0 Å². The second-order valence-electron chi connectivity index (χ2n) is 5.06. The van der Waals surface area contributed by atoms with Gasteiger partial charge in [-0.05, 0) is 70.0 Å². The summed E-state index contributed by atoms with van der Waals surface area (Å²) < 4.78 is 14.8. The maximum Gasteiger partial charge on any atom is 0.126 e. The van der Waals surface area contributed by atoms with Crippen molar-refractivity contribution in [1.82, 2.24) is 0 Å². The molecule has 2 aromatic rings. The van der Waals surface area contributed by atoms with Crippen molar-refractivity contribution in [1.29, 1.82) is 0 Å². The Morgan fingerprint density at radius 1 is 1.40 bits per heavy atom. The number of hydrogen-bond donors (Lipinski definition) is 1. The second-order valence-corrected chi connectivity index (χ2v) is 7.35. The summed E-state index contributed by atoms with van der Waals surface area (Å²) in [4.78, 5) is 2.11. The Hall–Kier alpha value is -0.910. The van der Waals surface area contributed by atoms with Gasteiger partial charge in [-0.1, -0.05) is 0 Å². The Morgan fingerprint density at radius 2 is 2.10 bits per heavy atom. The highest BCUT2D eigenvalue weighted by atomic mass is 79.9.